The Hall–Kier alpha value is -0.710. The number of hydrogen-bond acceptors (Lipinski definition) is 2. The van der Waals surface area contributed by atoms with E-state index in [0.717, 1.165) is 19.3 Å². The van der Waals surface area contributed by atoms with Gasteiger partial charge in [0.05, 0.1) is 5.02 Å². The zero-order chi connectivity index (χ0) is 12.3. The van der Waals surface area contributed by atoms with E-state index in [1.165, 1.54) is 6.42 Å². The molecule has 1 aromatic rings. The largest absolute Gasteiger partial charge is 0.356 e. The number of aromatic nitrogens is 1. The molecule has 1 aliphatic carbocycles. The molecule has 0 spiro atoms. The summed E-state index contributed by atoms with van der Waals surface area (Å²) in [5.41, 5.74) is 6.24. The van der Waals surface area contributed by atoms with Crippen molar-refractivity contribution in [3.05, 3.63) is 23.0 Å². The lowest BCUT2D eigenvalue weighted by Gasteiger charge is -2.31. The smallest absolute Gasteiger partial charge is 0.267 e. The lowest BCUT2D eigenvalue weighted by atomic mass is 9.84. The van der Waals surface area contributed by atoms with Gasteiger partial charge in [-0.2, -0.15) is 0 Å². The first kappa shape index (κ1) is 15.3. The zero-order valence-corrected chi connectivity index (χ0v) is 11.7. The first-order chi connectivity index (χ1) is 8.20. The van der Waals surface area contributed by atoms with Crippen LogP contribution in [0.5, 0.6) is 0 Å². The second-order valence-electron chi connectivity index (χ2n) is 4.59. The maximum atomic E-state index is 11.9. The normalized spacial score (nSPS) is 23.2. The Kier molecular flexibility index (Phi) is 5.99. The monoisotopic (exact) mass is 291 g/mol. The van der Waals surface area contributed by atoms with Gasteiger partial charge in [-0.15, -0.1) is 12.4 Å². The van der Waals surface area contributed by atoms with Crippen LogP contribution >= 0.6 is 24.0 Å². The fourth-order valence-electron chi connectivity index (χ4n) is 2.42. The molecule has 4 nitrogen and oxygen atoms in total. The van der Waals surface area contributed by atoms with Gasteiger partial charge >= 0.3 is 0 Å². The molecule has 0 aliphatic heterocycles. The highest BCUT2D eigenvalue weighted by Crippen LogP contribution is 2.23. The fourth-order valence-corrected chi connectivity index (χ4v) is 2.59. The molecule has 1 fully saturated rings. The van der Waals surface area contributed by atoms with Gasteiger partial charge in [0.1, 0.15) is 5.69 Å². The second kappa shape index (κ2) is 7.02. The number of H-pyrrole nitrogens is 1. The van der Waals surface area contributed by atoms with Crippen LogP contribution in [-0.4, -0.2) is 23.5 Å². The summed E-state index contributed by atoms with van der Waals surface area (Å²) in [6, 6.07) is 1.83. The van der Waals surface area contributed by atoms with Gasteiger partial charge in [-0.1, -0.05) is 24.4 Å². The van der Waals surface area contributed by atoms with Gasteiger partial charge in [0.25, 0.3) is 5.91 Å². The van der Waals surface area contributed by atoms with E-state index in [0.29, 0.717) is 23.2 Å². The van der Waals surface area contributed by atoms with Crippen LogP contribution < -0.4 is 11.1 Å². The number of hydrogen-bond donors (Lipinski definition) is 3. The minimum Gasteiger partial charge on any atom is -0.356 e. The maximum Gasteiger partial charge on any atom is 0.267 e. The fraction of sp³-hybridized carbons (Fsp3) is 0.583. The van der Waals surface area contributed by atoms with Gasteiger partial charge < -0.3 is 16.0 Å². The van der Waals surface area contributed by atoms with E-state index in [1.807, 2.05) is 0 Å². The quantitative estimate of drug-likeness (QED) is 0.800. The summed E-state index contributed by atoms with van der Waals surface area (Å²) in [6.07, 6.45) is 6.10. The van der Waals surface area contributed by atoms with E-state index in [9.17, 15) is 4.79 Å². The molecule has 1 aliphatic rings. The Morgan fingerprint density at radius 2 is 2.22 bits per heavy atom. The Balaban J connectivity index is 0.00000162. The SMILES string of the molecule is Cl.NCC1CCCCC1NC(=O)c1cc(Cl)c[nH]1. The van der Waals surface area contributed by atoms with E-state index in [2.05, 4.69) is 10.3 Å². The molecule has 1 amide bonds. The number of halogens is 2. The van der Waals surface area contributed by atoms with Gasteiger partial charge in [0.2, 0.25) is 0 Å². The summed E-state index contributed by atoms with van der Waals surface area (Å²) >= 11 is 5.77. The topological polar surface area (TPSA) is 70.9 Å². The average molecular weight is 292 g/mol. The highest BCUT2D eigenvalue weighted by atomic mass is 35.5. The van der Waals surface area contributed by atoms with Crippen molar-refractivity contribution in [3.63, 3.8) is 0 Å². The maximum absolute atomic E-state index is 11.9. The number of amides is 1. The third kappa shape index (κ3) is 3.64. The summed E-state index contributed by atoms with van der Waals surface area (Å²) < 4.78 is 0. The predicted molar refractivity (Wildman–Crippen MR) is 75.3 cm³/mol. The molecule has 0 saturated heterocycles. The van der Waals surface area contributed by atoms with E-state index in [-0.39, 0.29) is 24.4 Å². The van der Waals surface area contributed by atoms with Crippen molar-refractivity contribution in [3.8, 4) is 0 Å². The van der Waals surface area contributed by atoms with Crippen molar-refractivity contribution in [1.29, 1.82) is 0 Å². The zero-order valence-electron chi connectivity index (χ0n) is 10.1. The van der Waals surface area contributed by atoms with E-state index in [1.54, 1.807) is 12.3 Å². The van der Waals surface area contributed by atoms with Crippen molar-refractivity contribution in [2.45, 2.75) is 31.7 Å². The van der Waals surface area contributed by atoms with Crippen molar-refractivity contribution >= 4 is 29.9 Å². The molecule has 1 heterocycles. The predicted octanol–water partition coefficient (Wildman–Crippen LogP) is 2.34. The number of rotatable bonds is 3. The second-order valence-corrected chi connectivity index (χ2v) is 5.03. The van der Waals surface area contributed by atoms with Gasteiger partial charge in [-0.05, 0) is 31.4 Å². The number of nitrogens with one attached hydrogen (secondary N) is 2. The first-order valence-corrected chi connectivity index (χ1v) is 6.43. The van der Waals surface area contributed by atoms with E-state index < -0.39 is 0 Å². The number of carbonyl (C=O) groups is 1. The molecular formula is C12H19Cl2N3O. The minimum atomic E-state index is -0.0951. The molecule has 4 N–H and O–H groups in total. The Morgan fingerprint density at radius 3 is 2.83 bits per heavy atom. The van der Waals surface area contributed by atoms with Gasteiger partial charge in [-0.25, -0.2) is 0 Å². The molecule has 6 heteroatoms. The van der Waals surface area contributed by atoms with Crippen LogP contribution in [0.15, 0.2) is 12.3 Å². The van der Waals surface area contributed by atoms with Crippen molar-refractivity contribution < 1.29 is 4.79 Å². The summed E-state index contributed by atoms with van der Waals surface area (Å²) in [4.78, 5) is 14.8. The summed E-state index contributed by atoms with van der Waals surface area (Å²) in [5.74, 6) is 0.306. The Bertz CT molecular complexity index is 394. The summed E-state index contributed by atoms with van der Waals surface area (Å²) in [6.45, 7) is 0.635. The first-order valence-electron chi connectivity index (χ1n) is 6.05. The number of aromatic amines is 1. The molecule has 102 valence electrons. The highest BCUT2D eigenvalue weighted by Gasteiger charge is 2.25. The van der Waals surface area contributed by atoms with Crippen LogP contribution in [0, 0.1) is 5.92 Å². The van der Waals surface area contributed by atoms with Crippen LogP contribution in [0.3, 0.4) is 0 Å². The molecule has 0 bridgehead atoms. The van der Waals surface area contributed by atoms with Gasteiger partial charge in [0.15, 0.2) is 0 Å². The molecule has 0 aromatic carbocycles. The lowest BCUT2D eigenvalue weighted by Crippen LogP contribution is -2.44. The number of nitrogens with two attached hydrogens (primary N) is 1. The standard InChI is InChI=1S/C12H18ClN3O.ClH/c13-9-5-11(15-7-9)12(17)16-10-4-2-1-3-8(10)6-14;/h5,7-8,10,15H,1-4,6,14H2,(H,16,17);1H. The van der Waals surface area contributed by atoms with E-state index >= 15 is 0 Å². The van der Waals surface area contributed by atoms with Crippen LogP contribution in [0.1, 0.15) is 36.2 Å². The third-order valence-electron chi connectivity index (χ3n) is 3.42. The van der Waals surface area contributed by atoms with Gasteiger partial charge in [0, 0.05) is 12.2 Å². The van der Waals surface area contributed by atoms with Crippen LogP contribution in [-0.2, 0) is 0 Å². The van der Waals surface area contributed by atoms with Crippen LogP contribution in [0.25, 0.3) is 0 Å². The van der Waals surface area contributed by atoms with Crippen molar-refractivity contribution in [2.24, 2.45) is 11.7 Å². The highest BCUT2D eigenvalue weighted by molar-refractivity contribution is 6.30. The molecule has 2 atom stereocenters. The number of carbonyl (C=O) groups excluding carboxylic acids is 1. The van der Waals surface area contributed by atoms with Crippen LogP contribution in [0.2, 0.25) is 5.02 Å². The van der Waals surface area contributed by atoms with Crippen molar-refractivity contribution in [2.75, 3.05) is 6.54 Å². The molecular weight excluding hydrogens is 273 g/mol. The van der Waals surface area contributed by atoms with E-state index in [4.69, 9.17) is 17.3 Å². The Morgan fingerprint density at radius 1 is 1.50 bits per heavy atom. The molecule has 0 radical (unpaired) electrons. The summed E-state index contributed by atoms with van der Waals surface area (Å²) in [5, 5.41) is 3.59. The third-order valence-corrected chi connectivity index (χ3v) is 3.64. The molecule has 18 heavy (non-hydrogen) atoms. The molecule has 1 saturated carbocycles. The summed E-state index contributed by atoms with van der Waals surface area (Å²) in [7, 11) is 0. The molecule has 1 aromatic heterocycles. The van der Waals surface area contributed by atoms with Gasteiger partial charge in [-0.3, -0.25) is 4.79 Å². The van der Waals surface area contributed by atoms with Crippen LogP contribution in [0.4, 0.5) is 0 Å². The lowest BCUT2D eigenvalue weighted by molar-refractivity contribution is 0.0903. The minimum absolute atomic E-state index is 0. The van der Waals surface area contributed by atoms with Crippen molar-refractivity contribution in [1.82, 2.24) is 10.3 Å². The average Bonchev–Trinajstić information content (AvgIpc) is 2.77. The Labute approximate surface area is 118 Å². The molecule has 2 unspecified atom stereocenters. The molecule has 2 rings (SSSR count).